The number of carbonyl (C=O) groups is 5. The molecule has 0 spiro atoms. The molecular weight excluding hydrogens is 609 g/mol. The quantitative estimate of drug-likeness (QED) is 0.389. The van der Waals surface area contributed by atoms with Crippen molar-refractivity contribution in [2.75, 3.05) is 39.9 Å². The van der Waals surface area contributed by atoms with Gasteiger partial charge in [-0.05, 0) is 68.0 Å². The van der Waals surface area contributed by atoms with Crippen molar-refractivity contribution in [3.63, 3.8) is 0 Å². The van der Waals surface area contributed by atoms with Crippen LogP contribution in [0.5, 0.6) is 11.5 Å². The zero-order valence-corrected chi connectivity index (χ0v) is 27.1. The van der Waals surface area contributed by atoms with Crippen molar-refractivity contribution in [3.05, 3.63) is 59.9 Å². The fraction of sp³-hybridized carbons (Fsp3) is 0.500. The summed E-state index contributed by atoms with van der Waals surface area (Å²) >= 11 is 0. The second kappa shape index (κ2) is 16.8. The van der Waals surface area contributed by atoms with Crippen LogP contribution in [-0.2, 0) is 19.2 Å². The van der Waals surface area contributed by atoms with E-state index in [2.05, 4.69) is 16.0 Å². The Balaban J connectivity index is 1.54. The molecule has 254 valence electrons. The molecule has 2 aliphatic rings. The molecule has 2 aromatic rings. The highest BCUT2D eigenvalue weighted by atomic mass is 19.1. The van der Waals surface area contributed by atoms with E-state index < -0.39 is 35.8 Å². The lowest BCUT2D eigenvalue weighted by molar-refractivity contribution is -0.144. The first kappa shape index (κ1) is 35.2. The number of hydrogen-bond donors (Lipinski definition) is 3. The largest absolute Gasteiger partial charge is 0.492 e. The van der Waals surface area contributed by atoms with E-state index in [1.807, 2.05) is 13.8 Å². The average molecular weight is 654 g/mol. The Morgan fingerprint density at radius 2 is 1.81 bits per heavy atom. The van der Waals surface area contributed by atoms with Gasteiger partial charge in [0.15, 0.2) is 0 Å². The molecule has 2 aromatic carbocycles. The molecule has 13 heteroatoms. The first-order valence-corrected chi connectivity index (χ1v) is 16.0. The Hall–Kier alpha value is -4.68. The minimum atomic E-state index is -1.09. The van der Waals surface area contributed by atoms with E-state index >= 15 is 0 Å². The average Bonchev–Trinajstić information content (AvgIpc) is 3.53. The van der Waals surface area contributed by atoms with Crippen LogP contribution in [0, 0.1) is 11.7 Å². The van der Waals surface area contributed by atoms with Gasteiger partial charge >= 0.3 is 0 Å². The predicted molar refractivity (Wildman–Crippen MR) is 171 cm³/mol. The molecule has 0 saturated carbocycles. The fourth-order valence-electron chi connectivity index (χ4n) is 5.76. The Morgan fingerprint density at radius 1 is 1.06 bits per heavy atom. The van der Waals surface area contributed by atoms with E-state index in [0.29, 0.717) is 31.6 Å². The summed E-state index contributed by atoms with van der Waals surface area (Å²) in [5, 5.41) is 8.45. The monoisotopic (exact) mass is 653 g/mol. The third-order valence-corrected chi connectivity index (χ3v) is 8.06. The van der Waals surface area contributed by atoms with Gasteiger partial charge in [-0.15, -0.1) is 0 Å². The molecule has 12 nitrogen and oxygen atoms in total. The maximum absolute atomic E-state index is 13.6. The molecule has 2 heterocycles. The molecule has 5 amide bonds. The lowest BCUT2D eigenvalue weighted by Crippen LogP contribution is -2.51. The molecule has 4 rings (SSSR count). The van der Waals surface area contributed by atoms with Crippen molar-refractivity contribution in [3.8, 4) is 11.5 Å². The van der Waals surface area contributed by atoms with Gasteiger partial charge in [-0.3, -0.25) is 24.0 Å². The molecule has 47 heavy (non-hydrogen) atoms. The Kier molecular flexibility index (Phi) is 12.5. The standard InChI is InChI=1S/C34H44FN5O7/c1-22(2)19-24-21-47-29-9-5-4-7-26(29)32(43)38-27(33(44)36-16-18-46-25-12-10-23(35)11-13-25)14-15-31(42)40-17-6-8-28(40)34(45)39(3)20-30(41)37-24/h4-5,7,9-13,22,24,27-28H,6,8,14-21H2,1-3H3,(H,36,44)(H,37,41)(H,38,43)/t24-,27-,28+/m0/s1. The summed E-state index contributed by atoms with van der Waals surface area (Å²) < 4.78 is 24.8. The van der Waals surface area contributed by atoms with E-state index in [0.717, 1.165) is 0 Å². The van der Waals surface area contributed by atoms with Crippen molar-refractivity contribution in [2.24, 2.45) is 5.92 Å². The molecule has 0 aromatic heterocycles. The predicted octanol–water partition coefficient (Wildman–Crippen LogP) is 2.27. The summed E-state index contributed by atoms with van der Waals surface area (Å²) in [6, 6.07) is 9.87. The molecule has 1 fully saturated rings. The minimum Gasteiger partial charge on any atom is -0.492 e. The number of para-hydroxylation sites is 1. The Morgan fingerprint density at radius 3 is 2.55 bits per heavy atom. The highest BCUT2D eigenvalue weighted by Gasteiger charge is 2.36. The molecule has 0 bridgehead atoms. The van der Waals surface area contributed by atoms with Gasteiger partial charge in [0, 0.05) is 20.0 Å². The van der Waals surface area contributed by atoms with E-state index in [4.69, 9.17) is 9.47 Å². The third kappa shape index (κ3) is 10.2. The number of fused-ring (bicyclic) bond motifs is 2. The van der Waals surface area contributed by atoms with Gasteiger partial charge in [0.1, 0.15) is 42.6 Å². The van der Waals surface area contributed by atoms with Gasteiger partial charge in [0.05, 0.1) is 24.7 Å². The van der Waals surface area contributed by atoms with Crippen LogP contribution in [0.3, 0.4) is 0 Å². The highest BCUT2D eigenvalue weighted by Crippen LogP contribution is 2.23. The molecule has 0 aliphatic carbocycles. The number of likely N-dealkylation sites (N-methyl/N-ethyl adjacent to an activating group) is 1. The summed E-state index contributed by atoms with van der Waals surface area (Å²) in [7, 11) is 1.54. The van der Waals surface area contributed by atoms with Crippen molar-refractivity contribution in [1.82, 2.24) is 25.8 Å². The van der Waals surface area contributed by atoms with Crippen LogP contribution >= 0.6 is 0 Å². The van der Waals surface area contributed by atoms with Crippen molar-refractivity contribution in [1.29, 1.82) is 0 Å². The third-order valence-electron chi connectivity index (χ3n) is 8.06. The molecular formula is C34H44FN5O7. The maximum atomic E-state index is 13.6. The molecule has 0 radical (unpaired) electrons. The Labute approximate surface area is 274 Å². The van der Waals surface area contributed by atoms with Gasteiger partial charge in [-0.1, -0.05) is 26.0 Å². The van der Waals surface area contributed by atoms with Crippen molar-refractivity contribution < 1.29 is 37.8 Å². The minimum absolute atomic E-state index is 0.0234. The second-order valence-corrected chi connectivity index (χ2v) is 12.3. The number of halogens is 1. The van der Waals surface area contributed by atoms with Crippen LogP contribution < -0.4 is 25.4 Å². The lowest BCUT2D eigenvalue weighted by Gasteiger charge is -2.29. The van der Waals surface area contributed by atoms with Gasteiger partial charge in [0.25, 0.3) is 5.91 Å². The number of nitrogens with zero attached hydrogens (tertiary/aromatic N) is 2. The number of rotatable bonds is 7. The zero-order chi connectivity index (χ0) is 33.9. The number of nitrogens with one attached hydrogen (secondary N) is 3. The molecule has 1 saturated heterocycles. The molecule has 3 N–H and O–H groups in total. The van der Waals surface area contributed by atoms with Gasteiger partial charge in [-0.2, -0.15) is 0 Å². The van der Waals surface area contributed by atoms with Crippen molar-refractivity contribution >= 4 is 29.5 Å². The van der Waals surface area contributed by atoms with E-state index in [-0.39, 0.29) is 74.1 Å². The maximum Gasteiger partial charge on any atom is 0.255 e. The number of ether oxygens (including phenoxy) is 2. The van der Waals surface area contributed by atoms with Crippen LogP contribution in [0.2, 0.25) is 0 Å². The summed E-state index contributed by atoms with van der Waals surface area (Å²) in [6.45, 7) is 4.48. The first-order chi connectivity index (χ1) is 22.5. The fourth-order valence-corrected chi connectivity index (χ4v) is 5.76. The normalized spacial score (nSPS) is 21.5. The van der Waals surface area contributed by atoms with Crippen LogP contribution in [0.1, 0.15) is 56.3 Å². The molecule has 0 unspecified atom stereocenters. The summed E-state index contributed by atoms with van der Waals surface area (Å²) in [4.78, 5) is 69.5. The summed E-state index contributed by atoms with van der Waals surface area (Å²) in [5.74, 6) is -1.57. The lowest BCUT2D eigenvalue weighted by atomic mass is 10.0. The number of amides is 5. The van der Waals surface area contributed by atoms with Crippen LogP contribution in [0.4, 0.5) is 4.39 Å². The topological polar surface area (TPSA) is 146 Å². The van der Waals surface area contributed by atoms with Crippen molar-refractivity contribution in [2.45, 2.75) is 64.1 Å². The van der Waals surface area contributed by atoms with E-state index in [1.54, 1.807) is 31.3 Å². The Bertz CT molecular complexity index is 1420. The number of benzene rings is 2. The summed E-state index contributed by atoms with van der Waals surface area (Å²) in [5.41, 5.74) is 0.192. The van der Waals surface area contributed by atoms with Crippen LogP contribution in [0.25, 0.3) is 0 Å². The SMILES string of the molecule is CC(C)C[C@H]1COc2ccccc2C(=O)N[C@H](C(=O)NCCOc2ccc(F)cc2)CCC(=O)N2CCC[C@@H]2C(=O)N(C)CC(=O)N1. The number of hydrogen-bond acceptors (Lipinski definition) is 7. The van der Waals surface area contributed by atoms with Gasteiger partial charge in [0.2, 0.25) is 23.6 Å². The second-order valence-electron chi connectivity index (χ2n) is 12.3. The number of carbonyl (C=O) groups excluding carboxylic acids is 5. The van der Waals surface area contributed by atoms with Crippen LogP contribution in [0.15, 0.2) is 48.5 Å². The molecule has 3 atom stereocenters. The van der Waals surface area contributed by atoms with Crippen LogP contribution in [-0.4, -0.2) is 97.4 Å². The zero-order valence-electron chi connectivity index (χ0n) is 27.1. The summed E-state index contributed by atoms with van der Waals surface area (Å²) in [6.07, 6.45) is 1.56. The molecule has 2 aliphatic heterocycles. The van der Waals surface area contributed by atoms with E-state index in [1.165, 1.54) is 34.1 Å². The van der Waals surface area contributed by atoms with Gasteiger partial charge in [-0.25, -0.2) is 4.39 Å². The first-order valence-electron chi connectivity index (χ1n) is 16.0. The van der Waals surface area contributed by atoms with E-state index in [9.17, 15) is 28.4 Å². The highest BCUT2D eigenvalue weighted by molar-refractivity contribution is 6.00. The van der Waals surface area contributed by atoms with Gasteiger partial charge < -0.3 is 35.2 Å². The smallest absolute Gasteiger partial charge is 0.255 e.